The Morgan fingerprint density at radius 2 is 0.795 bits per heavy atom. The number of fused-ring (bicyclic) bond motifs is 2. The van der Waals surface area contributed by atoms with Gasteiger partial charge in [0.05, 0.1) is 0 Å². The summed E-state index contributed by atoms with van der Waals surface area (Å²) in [6.07, 6.45) is 6.77. The monoisotopic (exact) mass is 564 g/mol. The molecule has 212 valence electrons. The lowest BCUT2D eigenvalue weighted by molar-refractivity contribution is 0.443. The Hall–Kier alpha value is -4.94. The van der Waals surface area contributed by atoms with Crippen molar-refractivity contribution in [1.29, 1.82) is 0 Å². The SMILES string of the molecule is c1ccc(-c2ccc(-c3c4ccccc4c(-c4ccc(C5CCCCC5)cc4)c4ccccc34)cc2-c2ccccc2)cc1. The third-order valence-electron chi connectivity index (χ3n) is 9.69. The van der Waals surface area contributed by atoms with Crippen LogP contribution in [0.2, 0.25) is 0 Å². The zero-order valence-corrected chi connectivity index (χ0v) is 25.0. The molecule has 0 aliphatic heterocycles. The van der Waals surface area contributed by atoms with Crippen molar-refractivity contribution in [2.24, 2.45) is 0 Å². The van der Waals surface area contributed by atoms with Gasteiger partial charge in [0.15, 0.2) is 0 Å². The molecule has 7 aromatic rings. The lowest BCUT2D eigenvalue weighted by Gasteiger charge is -2.22. The first-order valence-electron chi connectivity index (χ1n) is 16.1. The van der Waals surface area contributed by atoms with Crippen molar-refractivity contribution in [1.82, 2.24) is 0 Å². The van der Waals surface area contributed by atoms with Crippen LogP contribution in [-0.4, -0.2) is 0 Å². The summed E-state index contributed by atoms with van der Waals surface area (Å²) in [5.74, 6) is 0.714. The quantitative estimate of drug-likeness (QED) is 0.182. The number of benzene rings is 7. The average Bonchev–Trinajstić information content (AvgIpc) is 3.11. The van der Waals surface area contributed by atoms with Gasteiger partial charge in [-0.2, -0.15) is 0 Å². The fourth-order valence-corrected chi connectivity index (χ4v) is 7.53. The van der Waals surface area contributed by atoms with Gasteiger partial charge in [0.2, 0.25) is 0 Å². The first kappa shape index (κ1) is 26.7. The molecule has 0 heteroatoms. The maximum Gasteiger partial charge on any atom is -0.00261 e. The van der Waals surface area contributed by atoms with Gasteiger partial charge in [0.25, 0.3) is 0 Å². The molecule has 0 unspecified atom stereocenters. The zero-order valence-electron chi connectivity index (χ0n) is 25.0. The van der Waals surface area contributed by atoms with Crippen LogP contribution in [-0.2, 0) is 0 Å². The van der Waals surface area contributed by atoms with Crippen LogP contribution in [0, 0.1) is 0 Å². The predicted molar refractivity (Wildman–Crippen MR) is 189 cm³/mol. The van der Waals surface area contributed by atoms with Gasteiger partial charge in [-0.15, -0.1) is 0 Å². The lowest BCUT2D eigenvalue weighted by Crippen LogP contribution is -2.04. The van der Waals surface area contributed by atoms with Gasteiger partial charge in [-0.1, -0.05) is 165 Å². The molecule has 1 aliphatic rings. The highest BCUT2D eigenvalue weighted by Gasteiger charge is 2.19. The van der Waals surface area contributed by atoms with Crippen LogP contribution < -0.4 is 0 Å². The van der Waals surface area contributed by atoms with E-state index in [2.05, 4.69) is 152 Å². The maximum absolute atomic E-state index is 2.41. The van der Waals surface area contributed by atoms with Crippen LogP contribution in [0.25, 0.3) is 66.1 Å². The summed E-state index contributed by atoms with van der Waals surface area (Å²) in [5, 5.41) is 5.20. The van der Waals surface area contributed by atoms with Crippen LogP contribution in [0.1, 0.15) is 43.6 Å². The van der Waals surface area contributed by atoms with Crippen molar-refractivity contribution in [2.45, 2.75) is 38.0 Å². The smallest absolute Gasteiger partial charge is 0.00261 e. The fraction of sp³-hybridized carbons (Fsp3) is 0.136. The average molecular weight is 565 g/mol. The van der Waals surface area contributed by atoms with E-state index in [1.807, 2.05) is 0 Å². The summed E-state index contributed by atoms with van der Waals surface area (Å²) in [6.45, 7) is 0. The summed E-state index contributed by atoms with van der Waals surface area (Å²) in [5.41, 5.74) is 11.7. The first-order chi connectivity index (χ1) is 21.8. The van der Waals surface area contributed by atoms with E-state index in [0.717, 1.165) is 0 Å². The van der Waals surface area contributed by atoms with Crippen LogP contribution in [0.3, 0.4) is 0 Å². The maximum atomic E-state index is 2.41. The molecule has 0 aromatic heterocycles. The molecule has 0 atom stereocenters. The minimum atomic E-state index is 0.714. The second-order valence-electron chi connectivity index (χ2n) is 12.3. The molecule has 8 rings (SSSR count). The van der Waals surface area contributed by atoms with Gasteiger partial charge in [0.1, 0.15) is 0 Å². The standard InChI is InChI=1S/C44H36/c1-4-14-31(15-5-1)32-24-26-35(27-25-32)43-38-20-10-12-22-40(38)44(41-23-13-11-21-39(41)43)36-28-29-37(33-16-6-2-7-17-33)42(30-36)34-18-8-3-9-19-34/h2-3,6-13,16-31H,1,4-5,14-15H2. The largest absolute Gasteiger partial charge is 0.0622 e. The van der Waals surface area contributed by atoms with E-state index in [4.69, 9.17) is 0 Å². The number of rotatable bonds is 5. The third-order valence-corrected chi connectivity index (χ3v) is 9.69. The molecule has 1 fully saturated rings. The minimum absolute atomic E-state index is 0.714. The van der Waals surface area contributed by atoms with Crippen molar-refractivity contribution in [2.75, 3.05) is 0 Å². The Labute approximate surface area is 260 Å². The molecule has 0 bridgehead atoms. The zero-order chi connectivity index (χ0) is 29.3. The Kier molecular flexibility index (Phi) is 7.05. The van der Waals surface area contributed by atoms with Gasteiger partial charge < -0.3 is 0 Å². The normalized spacial score (nSPS) is 13.8. The Balaban J connectivity index is 1.35. The highest BCUT2D eigenvalue weighted by atomic mass is 14.2. The molecule has 0 saturated heterocycles. The molecular weight excluding hydrogens is 528 g/mol. The summed E-state index contributed by atoms with van der Waals surface area (Å²) in [6, 6.07) is 56.2. The number of hydrogen-bond acceptors (Lipinski definition) is 0. The molecule has 0 heterocycles. The minimum Gasteiger partial charge on any atom is -0.0622 e. The van der Waals surface area contributed by atoms with Crippen molar-refractivity contribution < 1.29 is 0 Å². The molecule has 7 aromatic carbocycles. The molecule has 1 saturated carbocycles. The van der Waals surface area contributed by atoms with Crippen molar-refractivity contribution in [3.63, 3.8) is 0 Å². The number of hydrogen-bond donors (Lipinski definition) is 0. The van der Waals surface area contributed by atoms with Crippen molar-refractivity contribution in [3.05, 3.63) is 157 Å². The van der Waals surface area contributed by atoms with E-state index in [9.17, 15) is 0 Å². The summed E-state index contributed by atoms with van der Waals surface area (Å²) < 4.78 is 0. The van der Waals surface area contributed by atoms with Gasteiger partial charge in [0, 0.05) is 0 Å². The van der Waals surface area contributed by atoms with E-state index in [0.29, 0.717) is 5.92 Å². The van der Waals surface area contributed by atoms with Crippen LogP contribution >= 0.6 is 0 Å². The Bertz CT molecular complexity index is 2010. The van der Waals surface area contributed by atoms with E-state index < -0.39 is 0 Å². The predicted octanol–water partition coefficient (Wildman–Crippen LogP) is 12.7. The Morgan fingerprint density at radius 3 is 1.34 bits per heavy atom. The summed E-state index contributed by atoms with van der Waals surface area (Å²) in [7, 11) is 0. The second-order valence-corrected chi connectivity index (χ2v) is 12.3. The van der Waals surface area contributed by atoms with Crippen molar-refractivity contribution >= 4 is 21.5 Å². The van der Waals surface area contributed by atoms with E-state index in [1.54, 1.807) is 0 Å². The molecule has 0 spiro atoms. The van der Waals surface area contributed by atoms with Gasteiger partial charge in [-0.3, -0.25) is 0 Å². The van der Waals surface area contributed by atoms with Crippen molar-refractivity contribution in [3.8, 4) is 44.5 Å². The highest BCUT2D eigenvalue weighted by molar-refractivity contribution is 6.21. The van der Waals surface area contributed by atoms with Gasteiger partial charge >= 0.3 is 0 Å². The fourth-order valence-electron chi connectivity index (χ4n) is 7.53. The van der Waals surface area contributed by atoms with E-state index in [-0.39, 0.29) is 0 Å². The van der Waals surface area contributed by atoms with Gasteiger partial charge in [-0.05, 0) is 96.4 Å². The van der Waals surface area contributed by atoms with Crippen LogP contribution in [0.15, 0.2) is 152 Å². The van der Waals surface area contributed by atoms with Crippen LogP contribution in [0.5, 0.6) is 0 Å². The van der Waals surface area contributed by atoms with E-state index >= 15 is 0 Å². The van der Waals surface area contributed by atoms with Gasteiger partial charge in [-0.25, -0.2) is 0 Å². The molecule has 1 aliphatic carbocycles. The summed E-state index contributed by atoms with van der Waals surface area (Å²) >= 11 is 0. The molecule has 0 amide bonds. The topological polar surface area (TPSA) is 0 Å². The molecule has 0 nitrogen and oxygen atoms in total. The molecule has 0 radical (unpaired) electrons. The second kappa shape index (κ2) is 11.6. The van der Waals surface area contributed by atoms with Crippen LogP contribution in [0.4, 0.5) is 0 Å². The Morgan fingerprint density at radius 1 is 0.341 bits per heavy atom. The lowest BCUT2D eigenvalue weighted by atomic mass is 9.82. The summed E-state index contributed by atoms with van der Waals surface area (Å²) in [4.78, 5) is 0. The van der Waals surface area contributed by atoms with E-state index in [1.165, 1.54) is 104 Å². The molecule has 44 heavy (non-hydrogen) atoms. The first-order valence-corrected chi connectivity index (χ1v) is 16.1. The molecular formula is C44H36. The molecule has 0 N–H and O–H groups in total. The highest BCUT2D eigenvalue weighted by Crippen LogP contribution is 2.45. The third kappa shape index (κ3) is 4.81.